The molecule has 0 aromatic carbocycles. The van der Waals surface area contributed by atoms with Gasteiger partial charge in [-0.05, 0) is 6.92 Å². The van der Waals surface area contributed by atoms with E-state index in [1.54, 1.807) is 6.92 Å². The van der Waals surface area contributed by atoms with E-state index in [0.29, 0.717) is 0 Å². The summed E-state index contributed by atoms with van der Waals surface area (Å²) in [5.41, 5.74) is 0. The van der Waals surface area contributed by atoms with Gasteiger partial charge in [0.15, 0.2) is 0 Å². The molecule has 0 unspecified atom stereocenters. The number of carbonyl (C=O) groups excluding carboxylic acids is 2. The van der Waals surface area contributed by atoms with Crippen molar-refractivity contribution in [1.82, 2.24) is 10.2 Å². The van der Waals surface area contributed by atoms with Crippen molar-refractivity contribution in [3.8, 4) is 0 Å². The number of amides is 3. The Labute approximate surface area is 64.9 Å². The Balaban J connectivity index is 2.71. The number of hydrogen-bond acceptors (Lipinski definition) is 2. The summed E-state index contributed by atoms with van der Waals surface area (Å²) in [6.45, 7) is 5.39. The van der Waals surface area contributed by atoms with Gasteiger partial charge in [-0.1, -0.05) is 6.08 Å². The van der Waals surface area contributed by atoms with Gasteiger partial charge in [0.05, 0.1) is 0 Å². The molecule has 1 rings (SSSR count). The molecule has 0 aromatic heterocycles. The molecule has 3 amide bonds. The minimum absolute atomic E-state index is 0.185. The highest BCUT2D eigenvalue weighted by molar-refractivity contribution is 6.04. The van der Waals surface area contributed by atoms with Crippen LogP contribution < -0.4 is 5.32 Å². The van der Waals surface area contributed by atoms with Gasteiger partial charge < -0.3 is 5.32 Å². The van der Waals surface area contributed by atoms with Crippen molar-refractivity contribution in [1.29, 1.82) is 0 Å². The van der Waals surface area contributed by atoms with Crippen LogP contribution in [-0.4, -0.2) is 29.4 Å². The molecule has 1 atom stereocenters. The van der Waals surface area contributed by atoms with Gasteiger partial charge in [-0.25, -0.2) is 4.79 Å². The van der Waals surface area contributed by atoms with Crippen molar-refractivity contribution < 1.29 is 9.59 Å². The zero-order chi connectivity index (χ0) is 8.43. The summed E-state index contributed by atoms with van der Waals surface area (Å²) in [5.74, 6) is -0.185. The first-order valence-electron chi connectivity index (χ1n) is 3.39. The number of hydrogen-bond donors (Lipinski definition) is 1. The average molecular weight is 154 g/mol. The molecule has 1 aliphatic rings. The second-order valence-corrected chi connectivity index (χ2v) is 2.41. The summed E-state index contributed by atoms with van der Waals surface area (Å²) in [4.78, 5) is 23.2. The monoisotopic (exact) mass is 154 g/mol. The third-order valence-electron chi connectivity index (χ3n) is 1.53. The van der Waals surface area contributed by atoms with E-state index in [4.69, 9.17) is 0 Å². The van der Waals surface area contributed by atoms with E-state index >= 15 is 0 Å². The minimum atomic E-state index is -0.387. The molecule has 0 spiro atoms. The Morgan fingerprint density at radius 2 is 2.36 bits per heavy atom. The first-order chi connectivity index (χ1) is 5.16. The molecular formula is C7H10N2O2. The number of urea groups is 1. The van der Waals surface area contributed by atoms with Crippen molar-refractivity contribution in [3.05, 3.63) is 12.7 Å². The zero-order valence-electron chi connectivity index (χ0n) is 6.33. The van der Waals surface area contributed by atoms with Crippen LogP contribution in [0.1, 0.15) is 6.92 Å². The van der Waals surface area contributed by atoms with Crippen molar-refractivity contribution in [3.63, 3.8) is 0 Å². The molecule has 4 nitrogen and oxygen atoms in total. The van der Waals surface area contributed by atoms with E-state index in [1.165, 1.54) is 6.08 Å². The standard InChI is InChI=1S/C7H10N2O2/c1-3-4-9-6(10)5(2)8-7(9)11/h3,5H,1,4H2,2H3,(H,8,11)/t5-/m1/s1. The number of imide groups is 1. The molecule has 1 heterocycles. The fraction of sp³-hybridized carbons (Fsp3) is 0.429. The highest BCUT2D eigenvalue weighted by atomic mass is 16.2. The summed E-state index contributed by atoms with van der Waals surface area (Å²) in [6.07, 6.45) is 1.52. The lowest BCUT2D eigenvalue weighted by Crippen LogP contribution is -2.31. The molecule has 0 aromatic rings. The largest absolute Gasteiger partial charge is 0.326 e. The van der Waals surface area contributed by atoms with Gasteiger partial charge in [-0.15, -0.1) is 6.58 Å². The Kier molecular flexibility index (Phi) is 1.94. The number of nitrogens with one attached hydrogen (secondary N) is 1. The lowest BCUT2D eigenvalue weighted by molar-refractivity contribution is -0.126. The van der Waals surface area contributed by atoms with Gasteiger partial charge in [0, 0.05) is 6.54 Å². The normalized spacial score (nSPS) is 23.7. The molecule has 60 valence electrons. The van der Waals surface area contributed by atoms with Crippen LogP contribution in [0.2, 0.25) is 0 Å². The fourth-order valence-corrected chi connectivity index (χ4v) is 0.961. The summed E-state index contributed by atoms with van der Waals surface area (Å²) in [7, 11) is 0. The molecule has 11 heavy (non-hydrogen) atoms. The lowest BCUT2D eigenvalue weighted by Gasteiger charge is -2.07. The third kappa shape index (κ3) is 1.24. The molecule has 0 radical (unpaired) electrons. The highest BCUT2D eigenvalue weighted by Gasteiger charge is 2.33. The number of carbonyl (C=O) groups is 2. The molecule has 1 N–H and O–H groups in total. The first kappa shape index (κ1) is 7.78. The Bertz CT molecular complexity index is 212. The highest BCUT2D eigenvalue weighted by Crippen LogP contribution is 2.04. The van der Waals surface area contributed by atoms with E-state index in [1.807, 2.05) is 0 Å². The van der Waals surface area contributed by atoms with Crippen LogP contribution in [0.15, 0.2) is 12.7 Å². The Hall–Kier alpha value is -1.32. The van der Waals surface area contributed by atoms with E-state index in [0.717, 1.165) is 4.90 Å². The molecule has 0 aliphatic carbocycles. The summed E-state index contributed by atoms with van der Waals surface area (Å²) < 4.78 is 0. The molecule has 0 bridgehead atoms. The van der Waals surface area contributed by atoms with Crippen molar-refractivity contribution in [2.75, 3.05) is 6.54 Å². The van der Waals surface area contributed by atoms with E-state index < -0.39 is 0 Å². The maximum absolute atomic E-state index is 11.1. The maximum atomic E-state index is 11.1. The fourth-order valence-electron chi connectivity index (χ4n) is 0.961. The maximum Gasteiger partial charge on any atom is 0.325 e. The van der Waals surface area contributed by atoms with Crippen LogP contribution in [0, 0.1) is 0 Å². The van der Waals surface area contributed by atoms with Crippen LogP contribution in [-0.2, 0) is 4.79 Å². The smallest absolute Gasteiger partial charge is 0.325 e. The lowest BCUT2D eigenvalue weighted by atomic mass is 10.3. The van der Waals surface area contributed by atoms with Crippen molar-refractivity contribution in [2.45, 2.75) is 13.0 Å². The third-order valence-corrected chi connectivity index (χ3v) is 1.53. The van der Waals surface area contributed by atoms with Crippen LogP contribution in [0.5, 0.6) is 0 Å². The van der Waals surface area contributed by atoms with E-state index in [-0.39, 0.29) is 24.5 Å². The van der Waals surface area contributed by atoms with Crippen LogP contribution >= 0.6 is 0 Å². The SMILES string of the molecule is C=CCN1C(=O)N[C@H](C)C1=O. The number of nitrogens with zero attached hydrogens (tertiary/aromatic N) is 1. The van der Waals surface area contributed by atoms with Crippen molar-refractivity contribution in [2.24, 2.45) is 0 Å². The molecule has 1 fully saturated rings. The van der Waals surface area contributed by atoms with Gasteiger partial charge >= 0.3 is 6.03 Å². The van der Waals surface area contributed by atoms with Crippen molar-refractivity contribution >= 4 is 11.9 Å². The molecular weight excluding hydrogens is 144 g/mol. The molecule has 1 saturated heterocycles. The molecule has 1 aliphatic heterocycles. The topological polar surface area (TPSA) is 49.4 Å². The minimum Gasteiger partial charge on any atom is -0.326 e. The van der Waals surface area contributed by atoms with E-state index in [2.05, 4.69) is 11.9 Å². The van der Waals surface area contributed by atoms with Crippen LogP contribution in [0.25, 0.3) is 0 Å². The predicted molar refractivity (Wildman–Crippen MR) is 39.9 cm³/mol. The van der Waals surface area contributed by atoms with E-state index in [9.17, 15) is 9.59 Å². The molecule has 4 heteroatoms. The van der Waals surface area contributed by atoms with Crippen LogP contribution in [0.4, 0.5) is 4.79 Å². The summed E-state index contributed by atoms with van der Waals surface area (Å²) >= 11 is 0. The zero-order valence-corrected chi connectivity index (χ0v) is 6.33. The van der Waals surface area contributed by atoms with Gasteiger partial charge in [0.2, 0.25) is 0 Å². The first-order valence-corrected chi connectivity index (χ1v) is 3.39. The number of rotatable bonds is 2. The summed E-state index contributed by atoms with van der Waals surface area (Å²) in [6, 6.07) is -0.718. The van der Waals surface area contributed by atoms with Gasteiger partial charge in [-0.2, -0.15) is 0 Å². The van der Waals surface area contributed by atoms with Gasteiger partial charge in [0.1, 0.15) is 6.04 Å². The summed E-state index contributed by atoms with van der Waals surface area (Å²) in [5, 5.41) is 2.49. The Morgan fingerprint density at radius 3 is 2.73 bits per heavy atom. The second kappa shape index (κ2) is 2.74. The van der Waals surface area contributed by atoms with Gasteiger partial charge in [0.25, 0.3) is 5.91 Å². The Morgan fingerprint density at radius 1 is 1.73 bits per heavy atom. The predicted octanol–water partition coefficient (Wildman–Crippen LogP) is 0.113. The van der Waals surface area contributed by atoms with Gasteiger partial charge in [-0.3, -0.25) is 9.69 Å². The molecule has 0 saturated carbocycles. The van der Waals surface area contributed by atoms with Crippen LogP contribution in [0.3, 0.4) is 0 Å². The quantitative estimate of drug-likeness (QED) is 0.453. The average Bonchev–Trinajstić information content (AvgIpc) is 2.17. The second-order valence-electron chi connectivity index (χ2n) is 2.41.